The van der Waals surface area contributed by atoms with Crippen molar-refractivity contribution in [3.8, 4) is 0 Å². The van der Waals surface area contributed by atoms with E-state index in [1.54, 1.807) is 31.2 Å². The van der Waals surface area contributed by atoms with E-state index in [-0.39, 0.29) is 23.2 Å². The van der Waals surface area contributed by atoms with Gasteiger partial charge in [0.2, 0.25) is 11.8 Å². The number of hydrogen-bond donors (Lipinski definition) is 2. The molecule has 0 radical (unpaired) electrons. The predicted octanol–water partition coefficient (Wildman–Crippen LogP) is 0.377. The van der Waals surface area contributed by atoms with Gasteiger partial charge in [-0.25, -0.2) is 8.42 Å². The van der Waals surface area contributed by atoms with Gasteiger partial charge in [0.15, 0.2) is 15.6 Å². The van der Waals surface area contributed by atoms with Gasteiger partial charge in [0.25, 0.3) is 0 Å². The molecule has 2 fully saturated rings. The largest absolute Gasteiger partial charge is 0.352 e. The van der Waals surface area contributed by atoms with E-state index in [4.69, 9.17) is 0 Å². The standard InChI is InChI=1S/C17H18N2O5S/c1-17-12(15(21)18-9-6-7-25(23,24)8-9)13(17)16(22)19-11-5-3-2-4-10(11)14(17)20/h2-5,9,12-13H,6-8H2,1H3,(H,18,21)(H,19,22)/t9?,12-,13?,17+/m0/s1. The summed E-state index contributed by atoms with van der Waals surface area (Å²) in [6, 6.07) is 6.31. The smallest absolute Gasteiger partial charge is 0.229 e. The second kappa shape index (κ2) is 5.14. The number of benzene rings is 1. The van der Waals surface area contributed by atoms with E-state index in [1.807, 2.05) is 0 Å². The lowest BCUT2D eigenvalue weighted by Gasteiger charge is -2.14. The van der Waals surface area contributed by atoms with Crippen LogP contribution in [0.3, 0.4) is 0 Å². The Kier molecular flexibility index (Phi) is 3.34. The number of ketones is 1. The molecule has 2 unspecified atom stereocenters. The maximum Gasteiger partial charge on any atom is 0.229 e. The number of carbonyl (C=O) groups excluding carboxylic acids is 3. The van der Waals surface area contributed by atoms with Gasteiger partial charge < -0.3 is 10.6 Å². The van der Waals surface area contributed by atoms with Crippen LogP contribution in [-0.4, -0.2) is 43.6 Å². The second-order valence-electron chi connectivity index (χ2n) is 7.21. The molecule has 2 amide bonds. The van der Waals surface area contributed by atoms with Gasteiger partial charge in [-0.2, -0.15) is 0 Å². The number of anilines is 1. The van der Waals surface area contributed by atoms with Crippen LogP contribution in [0.4, 0.5) is 5.69 Å². The molecule has 2 aliphatic heterocycles. The van der Waals surface area contributed by atoms with Crippen molar-refractivity contribution in [2.75, 3.05) is 16.8 Å². The Morgan fingerprint density at radius 1 is 1.28 bits per heavy atom. The number of sulfone groups is 1. The Labute approximate surface area is 145 Å². The molecule has 0 aromatic heterocycles. The third-order valence-corrected chi connectivity index (χ3v) is 7.35. The summed E-state index contributed by atoms with van der Waals surface area (Å²) in [7, 11) is -3.12. The topological polar surface area (TPSA) is 109 Å². The van der Waals surface area contributed by atoms with E-state index >= 15 is 0 Å². The zero-order valence-corrected chi connectivity index (χ0v) is 14.4. The lowest BCUT2D eigenvalue weighted by molar-refractivity contribution is -0.125. The molecular weight excluding hydrogens is 344 g/mol. The van der Waals surface area contributed by atoms with Crippen LogP contribution in [0.5, 0.6) is 0 Å². The van der Waals surface area contributed by atoms with Gasteiger partial charge in [-0.1, -0.05) is 19.1 Å². The quantitative estimate of drug-likeness (QED) is 0.790. The number of carbonyl (C=O) groups is 3. The molecule has 8 heteroatoms. The van der Waals surface area contributed by atoms with Crippen LogP contribution in [-0.2, 0) is 19.4 Å². The van der Waals surface area contributed by atoms with Gasteiger partial charge in [-0.05, 0) is 18.6 Å². The van der Waals surface area contributed by atoms with Crippen LogP contribution in [0.25, 0.3) is 0 Å². The third kappa shape index (κ3) is 2.38. The van der Waals surface area contributed by atoms with Crippen LogP contribution < -0.4 is 10.6 Å². The van der Waals surface area contributed by atoms with E-state index in [9.17, 15) is 22.8 Å². The average molecular weight is 362 g/mol. The minimum absolute atomic E-state index is 0.0517. The van der Waals surface area contributed by atoms with Crippen molar-refractivity contribution < 1.29 is 22.8 Å². The Morgan fingerprint density at radius 3 is 2.68 bits per heavy atom. The van der Waals surface area contributed by atoms with Crippen LogP contribution in [0.1, 0.15) is 23.7 Å². The van der Waals surface area contributed by atoms with Gasteiger partial charge >= 0.3 is 0 Å². The minimum atomic E-state index is -3.12. The SMILES string of the molecule is C[C@]12C(=O)c3ccccc3NC(=O)C1[C@H]2C(=O)NC1CCS(=O)(=O)C1. The highest BCUT2D eigenvalue weighted by Gasteiger charge is 2.73. The summed E-state index contributed by atoms with van der Waals surface area (Å²) in [5, 5.41) is 5.44. The summed E-state index contributed by atoms with van der Waals surface area (Å²) in [6.45, 7) is 1.64. The van der Waals surface area contributed by atoms with Crippen molar-refractivity contribution >= 4 is 33.1 Å². The molecule has 1 aromatic carbocycles. The van der Waals surface area contributed by atoms with E-state index in [1.165, 1.54) is 0 Å². The molecule has 1 aromatic rings. The summed E-state index contributed by atoms with van der Waals surface area (Å²) >= 11 is 0. The van der Waals surface area contributed by atoms with Crippen LogP contribution >= 0.6 is 0 Å². The molecule has 132 valence electrons. The highest BCUT2D eigenvalue weighted by atomic mass is 32.2. The summed E-state index contributed by atoms with van der Waals surface area (Å²) < 4.78 is 23.1. The van der Waals surface area contributed by atoms with Crippen molar-refractivity contribution in [2.45, 2.75) is 19.4 Å². The second-order valence-corrected chi connectivity index (χ2v) is 9.44. The van der Waals surface area contributed by atoms with Crippen molar-refractivity contribution in [3.63, 3.8) is 0 Å². The van der Waals surface area contributed by atoms with Gasteiger partial charge in [-0.15, -0.1) is 0 Å². The van der Waals surface area contributed by atoms with E-state index in [0.29, 0.717) is 17.7 Å². The first-order chi connectivity index (χ1) is 11.7. The van der Waals surface area contributed by atoms with Crippen molar-refractivity contribution in [3.05, 3.63) is 29.8 Å². The first-order valence-corrected chi connectivity index (χ1v) is 10.0. The Balaban J connectivity index is 1.59. The number of para-hydroxylation sites is 1. The molecule has 25 heavy (non-hydrogen) atoms. The molecule has 1 saturated heterocycles. The highest BCUT2D eigenvalue weighted by molar-refractivity contribution is 7.91. The molecule has 0 spiro atoms. The van der Waals surface area contributed by atoms with Crippen LogP contribution in [0.2, 0.25) is 0 Å². The fraction of sp³-hybridized carbons (Fsp3) is 0.471. The number of nitrogens with one attached hydrogen (secondary N) is 2. The van der Waals surface area contributed by atoms with Crippen molar-refractivity contribution in [2.24, 2.45) is 17.3 Å². The summed E-state index contributed by atoms with van der Waals surface area (Å²) in [4.78, 5) is 38.0. The van der Waals surface area contributed by atoms with Crippen LogP contribution in [0, 0.1) is 17.3 Å². The van der Waals surface area contributed by atoms with Gasteiger partial charge in [0.05, 0.1) is 34.4 Å². The Hall–Kier alpha value is -2.22. The van der Waals surface area contributed by atoms with Gasteiger partial charge in [-0.3, -0.25) is 14.4 Å². The molecule has 3 aliphatic rings. The van der Waals surface area contributed by atoms with Crippen LogP contribution in [0.15, 0.2) is 24.3 Å². The zero-order valence-electron chi connectivity index (χ0n) is 13.6. The molecule has 1 aliphatic carbocycles. The molecule has 1 saturated carbocycles. The molecule has 7 nitrogen and oxygen atoms in total. The Bertz CT molecular complexity index is 909. The molecule has 2 heterocycles. The number of Topliss-reactive ketones (excluding diaryl/α,β-unsaturated/α-hetero) is 1. The molecule has 4 rings (SSSR count). The number of amides is 2. The maximum atomic E-state index is 12.9. The first-order valence-electron chi connectivity index (χ1n) is 8.19. The monoisotopic (exact) mass is 362 g/mol. The zero-order chi connectivity index (χ0) is 18.0. The number of rotatable bonds is 2. The fourth-order valence-corrected chi connectivity index (χ4v) is 5.81. The predicted molar refractivity (Wildman–Crippen MR) is 89.7 cm³/mol. The average Bonchev–Trinajstić information content (AvgIpc) is 3.08. The van der Waals surface area contributed by atoms with E-state index in [0.717, 1.165) is 0 Å². The summed E-state index contributed by atoms with van der Waals surface area (Å²) in [5.74, 6) is -2.53. The minimum Gasteiger partial charge on any atom is -0.352 e. The van der Waals surface area contributed by atoms with Gasteiger partial charge in [0, 0.05) is 11.6 Å². The third-order valence-electron chi connectivity index (χ3n) is 5.58. The van der Waals surface area contributed by atoms with E-state index in [2.05, 4.69) is 10.6 Å². The summed E-state index contributed by atoms with van der Waals surface area (Å²) in [6.07, 6.45) is 0.366. The number of fused-ring (bicyclic) bond motifs is 2. The molecular formula is C17H18N2O5S. The molecule has 4 atom stereocenters. The highest BCUT2D eigenvalue weighted by Crippen LogP contribution is 2.62. The first kappa shape index (κ1) is 16.3. The fourth-order valence-electron chi connectivity index (χ4n) is 4.13. The number of hydrogen-bond acceptors (Lipinski definition) is 5. The van der Waals surface area contributed by atoms with E-state index < -0.39 is 39.0 Å². The van der Waals surface area contributed by atoms with Crippen molar-refractivity contribution in [1.29, 1.82) is 0 Å². The van der Waals surface area contributed by atoms with Crippen molar-refractivity contribution in [1.82, 2.24) is 5.32 Å². The lowest BCUT2D eigenvalue weighted by Crippen LogP contribution is -2.38. The molecule has 2 N–H and O–H groups in total. The Morgan fingerprint density at radius 2 is 2.00 bits per heavy atom. The van der Waals surface area contributed by atoms with Gasteiger partial charge in [0.1, 0.15) is 0 Å². The summed E-state index contributed by atoms with van der Waals surface area (Å²) in [5.41, 5.74) is -0.218. The normalized spacial score (nSPS) is 35.2. The maximum absolute atomic E-state index is 12.9. The lowest BCUT2D eigenvalue weighted by atomic mass is 9.92. The molecule has 0 bridgehead atoms.